The molecule has 21 heavy (non-hydrogen) atoms. The number of fused-ring (bicyclic) bond motifs is 1. The molecule has 0 bridgehead atoms. The first-order valence-corrected chi connectivity index (χ1v) is 7.75. The Kier molecular flexibility index (Phi) is 5.47. The Labute approximate surface area is 132 Å². The molecular weight excluding hydrogens is 288 g/mol. The lowest BCUT2D eigenvalue weighted by atomic mass is 9.83. The van der Waals surface area contributed by atoms with E-state index >= 15 is 0 Å². The Morgan fingerprint density at radius 2 is 2.05 bits per heavy atom. The van der Waals surface area contributed by atoms with E-state index < -0.39 is 0 Å². The van der Waals surface area contributed by atoms with Gasteiger partial charge in [-0.3, -0.25) is 9.69 Å². The number of hydrogen-bond acceptors (Lipinski definition) is 3. The predicted molar refractivity (Wildman–Crippen MR) is 85.6 cm³/mol. The highest BCUT2D eigenvalue weighted by Crippen LogP contribution is 2.30. The van der Waals surface area contributed by atoms with Crippen LogP contribution in [0.4, 0.5) is 0 Å². The molecule has 1 aromatic heterocycles. The molecule has 1 saturated heterocycles. The van der Waals surface area contributed by atoms with Crippen molar-refractivity contribution in [2.45, 2.75) is 33.1 Å². The summed E-state index contributed by atoms with van der Waals surface area (Å²) in [6.45, 7) is 8.64. The van der Waals surface area contributed by atoms with Gasteiger partial charge in [0.2, 0.25) is 0 Å². The number of H-pyrrole nitrogens is 1. The van der Waals surface area contributed by atoms with Crippen molar-refractivity contribution in [1.29, 1.82) is 0 Å². The van der Waals surface area contributed by atoms with Crippen molar-refractivity contribution < 1.29 is 9.53 Å². The third-order valence-electron chi connectivity index (χ3n) is 4.69. The molecule has 1 aliphatic carbocycles. The number of carbonyl (C=O) groups excluding carboxylic acids is 1. The van der Waals surface area contributed by atoms with Gasteiger partial charge in [-0.2, -0.15) is 0 Å². The minimum atomic E-state index is 0. The topological polar surface area (TPSA) is 45.3 Å². The fourth-order valence-electron chi connectivity index (χ4n) is 3.58. The largest absolute Gasteiger partial charge is 0.379 e. The average Bonchev–Trinajstić information content (AvgIpc) is 2.79. The Morgan fingerprint density at radius 1 is 1.33 bits per heavy atom. The molecule has 118 valence electrons. The van der Waals surface area contributed by atoms with Crippen molar-refractivity contribution in [1.82, 2.24) is 9.88 Å². The number of nitrogens with zero attached hydrogens (tertiary/aromatic N) is 1. The normalized spacial score (nSPS) is 22.8. The quantitative estimate of drug-likeness (QED) is 0.932. The monoisotopic (exact) mass is 312 g/mol. The number of aryl methyl sites for hydroxylation is 2. The minimum absolute atomic E-state index is 0. The summed E-state index contributed by atoms with van der Waals surface area (Å²) in [6.07, 6.45) is 2.93. The van der Waals surface area contributed by atoms with Crippen molar-refractivity contribution >= 4 is 18.2 Å². The maximum absolute atomic E-state index is 12.8. The van der Waals surface area contributed by atoms with E-state index in [0.717, 1.165) is 57.7 Å². The van der Waals surface area contributed by atoms with Crippen molar-refractivity contribution in [3.63, 3.8) is 0 Å². The zero-order valence-electron chi connectivity index (χ0n) is 12.9. The molecule has 1 atom stereocenters. The molecule has 1 aromatic rings. The molecule has 1 unspecified atom stereocenters. The van der Waals surface area contributed by atoms with Crippen LogP contribution in [0.1, 0.15) is 40.7 Å². The van der Waals surface area contributed by atoms with Gasteiger partial charge < -0.3 is 9.72 Å². The van der Waals surface area contributed by atoms with E-state index in [-0.39, 0.29) is 18.3 Å². The summed E-state index contributed by atoms with van der Waals surface area (Å²) < 4.78 is 5.38. The van der Waals surface area contributed by atoms with E-state index in [4.69, 9.17) is 4.74 Å². The smallest absolute Gasteiger partial charge is 0.169 e. The summed E-state index contributed by atoms with van der Waals surface area (Å²) >= 11 is 0. The lowest BCUT2D eigenvalue weighted by molar-refractivity contribution is 0.0291. The first kappa shape index (κ1) is 16.5. The number of nitrogens with one attached hydrogen (secondary N) is 1. The van der Waals surface area contributed by atoms with Crippen LogP contribution >= 0.6 is 12.4 Å². The van der Waals surface area contributed by atoms with Crippen LogP contribution in [-0.4, -0.2) is 48.5 Å². The SMILES string of the molecule is CCc1c(C)[nH]c2c1C(=O)C(CN1CCOCC1)CC2.Cl. The summed E-state index contributed by atoms with van der Waals surface area (Å²) in [5.41, 5.74) is 4.59. The number of Topliss-reactive ketones (excluding diaryl/α,β-unsaturated/α-hetero) is 1. The first-order chi connectivity index (χ1) is 9.70. The van der Waals surface area contributed by atoms with Gasteiger partial charge in [-0.1, -0.05) is 6.92 Å². The van der Waals surface area contributed by atoms with E-state index in [2.05, 4.69) is 23.7 Å². The van der Waals surface area contributed by atoms with Crippen molar-refractivity contribution in [2.24, 2.45) is 5.92 Å². The first-order valence-electron chi connectivity index (χ1n) is 7.75. The number of aromatic nitrogens is 1. The molecule has 0 aromatic carbocycles. The summed E-state index contributed by atoms with van der Waals surface area (Å²) in [6, 6.07) is 0. The Balaban J connectivity index is 0.00000161. The minimum Gasteiger partial charge on any atom is -0.379 e. The van der Waals surface area contributed by atoms with Crippen LogP contribution in [0.15, 0.2) is 0 Å². The van der Waals surface area contributed by atoms with Gasteiger partial charge in [-0.15, -0.1) is 12.4 Å². The molecule has 5 heteroatoms. The average molecular weight is 313 g/mol. The zero-order valence-corrected chi connectivity index (χ0v) is 13.7. The van der Waals surface area contributed by atoms with E-state index in [1.807, 2.05) is 0 Å². The molecule has 2 heterocycles. The number of carbonyl (C=O) groups is 1. The van der Waals surface area contributed by atoms with Crippen LogP contribution < -0.4 is 0 Å². The van der Waals surface area contributed by atoms with Gasteiger partial charge in [0.05, 0.1) is 13.2 Å². The highest BCUT2D eigenvalue weighted by molar-refractivity contribution is 6.01. The second-order valence-electron chi connectivity index (χ2n) is 5.95. The van der Waals surface area contributed by atoms with E-state index in [1.54, 1.807) is 0 Å². The van der Waals surface area contributed by atoms with Gasteiger partial charge >= 0.3 is 0 Å². The maximum atomic E-state index is 12.8. The number of ether oxygens (including phenoxy) is 1. The highest BCUT2D eigenvalue weighted by atomic mass is 35.5. The summed E-state index contributed by atoms with van der Waals surface area (Å²) in [5, 5.41) is 0. The van der Waals surface area contributed by atoms with Crippen molar-refractivity contribution in [3.05, 3.63) is 22.5 Å². The van der Waals surface area contributed by atoms with Crippen LogP contribution in [0.5, 0.6) is 0 Å². The zero-order chi connectivity index (χ0) is 14.1. The fraction of sp³-hybridized carbons (Fsp3) is 0.688. The Morgan fingerprint density at radius 3 is 2.71 bits per heavy atom. The second kappa shape index (κ2) is 6.95. The van der Waals surface area contributed by atoms with E-state index in [1.165, 1.54) is 17.0 Å². The standard InChI is InChI=1S/C16H24N2O2.ClH/c1-3-13-11(2)17-14-5-4-12(16(19)15(13)14)10-18-6-8-20-9-7-18;/h12,17H,3-10H2,1-2H3;1H. The number of ketones is 1. The van der Waals surface area contributed by atoms with Crippen LogP contribution in [0.2, 0.25) is 0 Å². The Hall–Kier alpha value is -0.840. The molecule has 4 nitrogen and oxygen atoms in total. The molecule has 0 amide bonds. The van der Waals surface area contributed by atoms with Gasteiger partial charge in [0.15, 0.2) is 5.78 Å². The second-order valence-corrected chi connectivity index (χ2v) is 5.95. The molecule has 0 spiro atoms. The summed E-state index contributed by atoms with van der Waals surface area (Å²) in [7, 11) is 0. The predicted octanol–water partition coefficient (Wildman–Crippen LogP) is 2.38. The third kappa shape index (κ3) is 3.17. The van der Waals surface area contributed by atoms with Gasteiger partial charge in [0, 0.05) is 42.5 Å². The summed E-state index contributed by atoms with van der Waals surface area (Å²) in [4.78, 5) is 18.6. The fourth-order valence-corrected chi connectivity index (χ4v) is 3.58. The van der Waals surface area contributed by atoms with Gasteiger partial charge in [0.25, 0.3) is 0 Å². The van der Waals surface area contributed by atoms with Gasteiger partial charge in [-0.25, -0.2) is 0 Å². The number of rotatable bonds is 3. The van der Waals surface area contributed by atoms with Crippen molar-refractivity contribution in [3.8, 4) is 0 Å². The van der Waals surface area contributed by atoms with Crippen LogP contribution in [0.3, 0.4) is 0 Å². The van der Waals surface area contributed by atoms with Crippen molar-refractivity contribution in [2.75, 3.05) is 32.8 Å². The van der Waals surface area contributed by atoms with Gasteiger partial charge in [0.1, 0.15) is 0 Å². The molecule has 1 N–H and O–H groups in total. The maximum Gasteiger partial charge on any atom is 0.169 e. The van der Waals surface area contributed by atoms with E-state index in [0.29, 0.717) is 5.78 Å². The number of aromatic amines is 1. The molecule has 2 aliphatic rings. The number of halogens is 1. The number of morpholine rings is 1. The lowest BCUT2D eigenvalue weighted by Gasteiger charge is -2.31. The molecule has 1 aliphatic heterocycles. The van der Waals surface area contributed by atoms with Crippen LogP contribution in [0.25, 0.3) is 0 Å². The van der Waals surface area contributed by atoms with E-state index in [9.17, 15) is 4.79 Å². The summed E-state index contributed by atoms with van der Waals surface area (Å²) in [5.74, 6) is 0.528. The molecule has 1 fully saturated rings. The number of hydrogen-bond donors (Lipinski definition) is 1. The third-order valence-corrected chi connectivity index (χ3v) is 4.69. The van der Waals surface area contributed by atoms with Crippen LogP contribution in [-0.2, 0) is 17.6 Å². The molecular formula is C16H25ClN2O2. The Bertz CT molecular complexity index is 507. The lowest BCUT2D eigenvalue weighted by Crippen LogP contribution is -2.42. The molecule has 0 saturated carbocycles. The molecule has 3 rings (SSSR count). The highest BCUT2D eigenvalue weighted by Gasteiger charge is 2.32. The van der Waals surface area contributed by atoms with Crippen LogP contribution in [0, 0.1) is 12.8 Å². The molecule has 0 radical (unpaired) electrons. The van der Waals surface area contributed by atoms with Gasteiger partial charge in [-0.05, 0) is 31.7 Å².